The van der Waals surface area contributed by atoms with Crippen molar-refractivity contribution in [1.29, 1.82) is 0 Å². The third-order valence-corrected chi connectivity index (χ3v) is 3.70. The monoisotopic (exact) mass is 308 g/mol. The Kier molecular flexibility index (Phi) is 5.64. The van der Waals surface area contributed by atoms with Crippen molar-refractivity contribution >= 4 is 17.2 Å². The Morgan fingerprint density at radius 3 is 2.86 bits per heavy atom. The summed E-state index contributed by atoms with van der Waals surface area (Å²) in [4.78, 5) is 10.2. The molecule has 0 fully saturated rings. The Labute approximate surface area is 129 Å². The van der Waals surface area contributed by atoms with Gasteiger partial charge in [-0.3, -0.25) is 0 Å². The summed E-state index contributed by atoms with van der Waals surface area (Å²) in [6.07, 6.45) is 1.66. The highest BCUT2D eigenvalue weighted by Gasteiger charge is 2.14. The molecule has 0 spiro atoms. The number of pyridine rings is 1. The van der Waals surface area contributed by atoms with Crippen molar-refractivity contribution in [3.8, 4) is 0 Å². The van der Waals surface area contributed by atoms with Gasteiger partial charge < -0.3 is 10.2 Å². The summed E-state index contributed by atoms with van der Waals surface area (Å²) in [6.45, 7) is 6.19. The van der Waals surface area contributed by atoms with E-state index in [0.29, 0.717) is 30.4 Å². The highest BCUT2D eigenvalue weighted by atomic mass is 32.1. The normalized spacial score (nSPS) is 11.1. The maximum absolute atomic E-state index is 14.5. The third kappa shape index (κ3) is 4.47. The fourth-order valence-corrected chi connectivity index (χ4v) is 2.55. The molecule has 4 nitrogen and oxygen atoms in total. The van der Waals surface area contributed by atoms with Gasteiger partial charge in [0.2, 0.25) is 0 Å². The van der Waals surface area contributed by atoms with Crippen LogP contribution in [-0.2, 0) is 13.1 Å². The Balaban J connectivity index is 2.05. The van der Waals surface area contributed by atoms with Gasteiger partial charge in [-0.15, -0.1) is 11.3 Å². The number of hydrogen-bond donors (Lipinski definition) is 1. The molecular formula is C15H21FN4S. The van der Waals surface area contributed by atoms with Gasteiger partial charge >= 0.3 is 0 Å². The zero-order valence-electron chi connectivity index (χ0n) is 12.6. The first-order valence-corrected chi connectivity index (χ1v) is 7.94. The van der Waals surface area contributed by atoms with Crippen molar-refractivity contribution in [2.75, 3.05) is 18.5 Å². The predicted molar refractivity (Wildman–Crippen MR) is 85.0 cm³/mol. The molecule has 2 rings (SSSR count). The minimum absolute atomic E-state index is 0.258. The Hall–Kier alpha value is -1.53. The number of nitrogens with zero attached hydrogens (tertiary/aromatic N) is 3. The van der Waals surface area contributed by atoms with Gasteiger partial charge in [0.05, 0.1) is 17.7 Å². The van der Waals surface area contributed by atoms with Gasteiger partial charge in [-0.05, 0) is 18.5 Å². The number of nitrogens with one attached hydrogen (secondary N) is 1. The molecule has 0 aromatic carbocycles. The first-order valence-electron chi connectivity index (χ1n) is 7.00. The molecule has 2 heterocycles. The van der Waals surface area contributed by atoms with Crippen LogP contribution in [-0.4, -0.2) is 23.6 Å². The van der Waals surface area contributed by atoms with Crippen molar-refractivity contribution in [3.05, 3.63) is 40.2 Å². The second kappa shape index (κ2) is 7.47. The molecule has 0 aliphatic carbocycles. The van der Waals surface area contributed by atoms with Gasteiger partial charge in [0.15, 0.2) is 11.6 Å². The molecule has 1 N–H and O–H groups in total. The number of halogens is 1. The van der Waals surface area contributed by atoms with Gasteiger partial charge in [-0.1, -0.05) is 13.8 Å². The van der Waals surface area contributed by atoms with E-state index in [-0.39, 0.29) is 5.82 Å². The van der Waals surface area contributed by atoms with Gasteiger partial charge in [-0.25, -0.2) is 14.4 Å². The van der Waals surface area contributed by atoms with E-state index < -0.39 is 0 Å². The smallest absolute Gasteiger partial charge is 0.170 e. The summed E-state index contributed by atoms with van der Waals surface area (Å²) in [5.41, 5.74) is 3.34. The van der Waals surface area contributed by atoms with Gasteiger partial charge in [0.25, 0.3) is 0 Å². The fraction of sp³-hybridized carbons (Fsp3) is 0.467. The highest BCUT2D eigenvalue weighted by molar-refractivity contribution is 7.07. The van der Waals surface area contributed by atoms with Crippen molar-refractivity contribution < 1.29 is 4.39 Å². The van der Waals surface area contributed by atoms with E-state index in [1.165, 1.54) is 11.3 Å². The first kappa shape index (κ1) is 15.9. The lowest BCUT2D eigenvalue weighted by Gasteiger charge is -2.19. The van der Waals surface area contributed by atoms with Crippen molar-refractivity contribution in [1.82, 2.24) is 15.3 Å². The van der Waals surface area contributed by atoms with Gasteiger partial charge in [0.1, 0.15) is 0 Å². The SMILES string of the molecule is CC(C)CNCc1ccnc(N(C)Cc2cscn2)c1F. The summed E-state index contributed by atoms with van der Waals surface area (Å²) in [5, 5.41) is 5.22. The minimum atomic E-state index is -0.258. The zero-order chi connectivity index (χ0) is 15.2. The maximum Gasteiger partial charge on any atom is 0.170 e. The quantitative estimate of drug-likeness (QED) is 0.853. The molecule has 2 aromatic rings. The molecule has 0 unspecified atom stereocenters. The van der Waals surface area contributed by atoms with E-state index in [4.69, 9.17) is 0 Å². The van der Waals surface area contributed by atoms with E-state index in [0.717, 1.165) is 12.2 Å². The summed E-state index contributed by atoms with van der Waals surface area (Å²) in [6, 6.07) is 1.73. The maximum atomic E-state index is 14.5. The van der Waals surface area contributed by atoms with E-state index in [1.807, 2.05) is 12.4 Å². The molecule has 0 atom stereocenters. The van der Waals surface area contributed by atoms with Crippen LogP contribution in [0.15, 0.2) is 23.2 Å². The molecule has 0 aliphatic rings. The van der Waals surface area contributed by atoms with Gasteiger partial charge in [0, 0.05) is 30.7 Å². The summed E-state index contributed by atoms with van der Waals surface area (Å²) in [7, 11) is 1.83. The van der Waals surface area contributed by atoms with Gasteiger partial charge in [-0.2, -0.15) is 0 Å². The van der Waals surface area contributed by atoms with Crippen molar-refractivity contribution in [2.24, 2.45) is 5.92 Å². The van der Waals surface area contributed by atoms with Crippen LogP contribution in [0.25, 0.3) is 0 Å². The standard InChI is InChI=1S/C15H21FN4S/c1-11(2)6-17-7-12-4-5-18-15(14(12)16)20(3)8-13-9-21-10-19-13/h4-5,9-11,17H,6-8H2,1-3H3. The average molecular weight is 308 g/mol. The van der Waals surface area contributed by atoms with E-state index in [2.05, 4.69) is 29.1 Å². The zero-order valence-corrected chi connectivity index (χ0v) is 13.5. The number of hydrogen-bond acceptors (Lipinski definition) is 5. The van der Waals surface area contributed by atoms with Crippen molar-refractivity contribution in [3.63, 3.8) is 0 Å². The average Bonchev–Trinajstić information content (AvgIpc) is 2.93. The van der Waals surface area contributed by atoms with E-state index in [1.54, 1.807) is 22.7 Å². The molecule has 0 bridgehead atoms. The second-order valence-electron chi connectivity index (χ2n) is 5.47. The van der Waals surface area contributed by atoms with Crippen LogP contribution >= 0.6 is 11.3 Å². The number of anilines is 1. The lowest BCUT2D eigenvalue weighted by atomic mass is 10.2. The molecule has 0 saturated heterocycles. The Morgan fingerprint density at radius 1 is 1.38 bits per heavy atom. The largest absolute Gasteiger partial charge is 0.351 e. The Morgan fingerprint density at radius 2 is 2.19 bits per heavy atom. The van der Waals surface area contributed by atoms with Crippen molar-refractivity contribution in [2.45, 2.75) is 26.9 Å². The summed E-state index contributed by atoms with van der Waals surface area (Å²) < 4.78 is 14.5. The lowest BCUT2D eigenvalue weighted by molar-refractivity contribution is 0.532. The van der Waals surface area contributed by atoms with E-state index >= 15 is 0 Å². The predicted octanol–water partition coefficient (Wildman–Crippen LogP) is 3.06. The second-order valence-corrected chi connectivity index (χ2v) is 6.19. The topological polar surface area (TPSA) is 41.1 Å². The van der Waals surface area contributed by atoms with Crippen LogP contribution in [0.4, 0.5) is 10.2 Å². The fourth-order valence-electron chi connectivity index (χ4n) is 2.00. The molecule has 0 radical (unpaired) electrons. The number of rotatable bonds is 7. The number of aromatic nitrogens is 2. The van der Waals surface area contributed by atoms with Crippen LogP contribution in [0, 0.1) is 11.7 Å². The molecule has 21 heavy (non-hydrogen) atoms. The molecule has 0 aliphatic heterocycles. The minimum Gasteiger partial charge on any atom is -0.351 e. The first-order chi connectivity index (χ1) is 10.1. The molecule has 114 valence electrons. The van der Waals surface area contributed by atoms with Crippen LogP contribution in [0.5, 0.6) is 0 Å². The molecule has 0 saturated carbocycles. The summed E-state index contributed by atoms with van der Waals surface area (Å²) in [5.74, 6) is 0.653. The van der Waals surface area contributed by atoms with E-state index in [9.17, 15) is 4.39 Å². The Bertz CT molecular complexity index is 557. The summed E-state index contributed by atoms with van der Waals surface area (Å²) >= 11 is 1.54. The van der Waals surface area contributed by atoms with Crippen LogP contribution < -0.4 is 10.2 Å². The third-order valence-electron chi connectivity index (χ3n) is 3.06. The molecule has 2 aromatic heterocycles. The molecule has 6 heteroatoms. The van der Waals surface area contributed by atoms with Crippen LogP contribution in [0.3, 0.4) is 0 Å². The molecular weight excluding hydrogens is 287 g/mol. The number of thiazole rings is 1. The highest BCUT2D eigenvalue weighted by Crippen LogP contribution is 2.20. The van der Waals surface area contributed by atoms with Crippen LogP contribution in [0.1, 0.15) is 25.1 Å². The van der Waals surface area contributed by atoms with Crippen LogP contribution in [0.2, 0.25) is 0 Å². The lowest BCUT2D eigenvalue weighted by Crippen LogP contribution is -2.22. The molecule has 0 amide bonds.